The van der Waals surface area contributed by atoms with Crippen molar-refractivity contribution in [3.63, 3.8) is 0 Å². The number of hydrogen-bond acceptors (Lipinski definition) is 4. The Labute approximate surface area is 131 Å². The zero-order valence-corrected chi connectivity index (χ0v) is 13.5. The maximum Gasteiger partial charge on any atom is 0.406 e. The van der Waals surface area contributed by atoms with E-state index in [4.69, 9.17) is 4.74 Å². The van der Waals surface area contributed by atoms with E-state index in [1.807, 2.05) is 24.3 Å². The first-order valence-corrected chi connectivity index (χ1v) is 7.30. The van der Waals surface area contributed by atoms with Crippen molar-refractivity contribution in [1.82, 2.24) is 10.6 Å². The predicted molar refractivity (Wildman–Crippen MR) is 84.0 cm³/mol. The molecule has 2 N–H and O–H groups in total. The standard InChI is InChI=1S/C16H24N2O4/c1-11(2)13-7-5-6-8-14(13)22-12(3)15(19)17-9-10-18-16(20)21-4/h5-8,11-12H,9-10H2,1-4H3,(H,17,19)(H,18,20). The summed E-state index contributed by atoms with van der Waals surface area (Å²) in [5.74, 6) is 0.800. The van der Waals surface area contributed by atoms with E-state index in [0.717, 1.165) is 5.56 Å². The molecule has 1 unspecified atom stereocenters. The summed E-state index contributed by atoms with van der Waals surface area (Å²) >= 11 is 0. The number of hydrogen-bond donors (Lipinski definition) is 2. The van der Waals surface area contributed by atoms with Crippen LogP contribution in [0.1, 0.15) is 32.3 Å². The van der Waals surface area contributed by atoms with Crippen LogP contribution in [0.25, 0.3) is 0 Å². The van der Waals surface area contributed by atoms with Crippen molar-refractivity contribution >= 4 is 12.0 Å². The van der Waals surface area contributed by atoms with Gasteiger partial charge in [-0.25, -0.2) is 4.79 Å². The van der Waals surface area contributed by atoms with Crippen LogP contribution in [0.5, 0.6) is 5.75 Å². The van der Waals surface area contributed by atoms with Crippen LogP contribution < -0.4 is 15.4 Å². The molecule has 0 aromatic heterocycles. The fourth-order valence-corrected chi connectivity index (χ4v) is 1.87. The lowest BCUT2D eigenvalue weighted by Crippen LogP contribution is -2.40. The average molecular weight is 308 g/mol. The molecule has 6 heteroatoms. The molecule has 0 radical (unpaired) electrons. The number of rotatable bonds is 7. The van der Waals surface area contributed by atoms with Gasteiger partial charge in [-0.2, -0.15) is 0 Å². The van der Waals surface area contributed by atoms with Gasteiger partial charge in [0.25, 0.3) is 5.91 Å². The summed E-state index contributed by atoms with van der Waals surface area (Å²) in [6.45, 7) is 6.46. The first-order chi connectivity index (χ1) is 10.5. The molecule has 0 saturated carbocycles. The van der Waals surface area contributed by atoms with Crippen molar-refractivity contribution in [1.29, 1.82) is 0 Å². The number of ether oxygens (including phenoxy) is 2. The van der Waals surface area contributed by atoms with E-state index in [0.29, 0.717) is 24.8 Å². The highest BCUT2D eigenvalue weighted by Crippen LogP contribution is 2.26. The summed E-state index contributed by atoms with van der Waals surface area (Å²) in [5, 5.41) is 5.18. The van der Waals surface area contributed by atoms with Gasteiger partial charge in [-0.05, 0) is 24.5 Å². The number of methoxy groups -OCH3 is 1. The van der Waals surface area contributed by atoms with Gasteiger partial charge in [0.05, 0.1) is 7.11 Å². The van der Waals surface area contributed by atoms with Crippen LogP contribution in [0.2, 0.25) is 0 Å². The van der Waals surface area contributed by atoms with Gasteiger partial charge in [-0.15, -0.1) is 0 Å². The second kappa shape index (κ2) is 8.92. The predicted octanol–water partition coefficient (Wildman–Crippen LogP) is 2.05. The second-order valence-electron chi connectivity index (χ2n) is 5.16. The zero-order chi connectivity index (χ0) is 16.5. The van der Waals surface area contributed by atoms with Gasteiger partial charge in [0.15, 0.2) is 6.10 Å². The van der Waals surface area contributed by atoms with Gasteiger partial charge in [0.2, 0.25) is 0 Å². The number of nitrogens with one attached hydrogen (secondary N) is 2. The highest BCUT2D eigenvalue weighted by atomic mass is 16.5. The van der Waals surface area contributed by atoms with E-state index >= 15 is 0 Å². The minimum absolute atomic E-state index is 0.231. The zero-order valence-electron chi connectivity index (χ0n) is 13.5. The van der Waals surface area contributed by atoms with Crippen LogP contribution in [0, 0.1) is 0 Å². The second-order valence-corrected chi connectivity index (χ2v) is 5.16. The molecule has 0 aliphatic rings. The van der Waals surface area contributed by atoms with Crippen molar-refractivity contribution in [3.8, 4) is 5.75 Å². The molecule has 0 aliphatic heterocycles. The Balaban J connectivity index is 2.46. The number of benzene rings is 1. The van der Waals surface area contributed by atoms with Crippen LogP contribution in [0.3, 0.4) is 0 Å². The number of carbonyl (C=O) groups is 2. The molecule has 22 heavy (non-hydrogen) atoms. The summed E-state index contributed by atoms with van der Waals surface area (Å²) in [4.78, 5) is 22.8. The summed E-state index contributed by atoms with van der Waals surface area (Å²) in [6, 6.07) is 7.68. The SMILES string of the molecule is COC(=O)NCCNC(=O)C(C)Oc1ccccc1C(C)C. The Hall–Kier alpha value is -2.24. The number of alkyl carbamates (subject to hydrolysis) is 1. The van der Waals surface area contributed by atoms with Gasteiger partial charge in [0, 0.05) is 13.1 Å². The van der Waals surface area contributed by atoms with Gasteiger partial charge < -0.3 is 20.1 Å². The van der Waals surface area contributed by atoms with Crippen molar-refractivity contribution in [3.05, 3.63) is 29.8 Å². The first-order valence-electron chi connectivity index (χ1n) is 7.30. The van der Waals surface area contributed by atoms with Gasteiger partial charge in [0.1, 0.15) is 5.75 Å². The van der Waals surface area contributed by atoms with E-state index in [1.54, 1.807) is 6.92 Å². The minimum Gasteiger partial charge on any atom is -0.481 e. The topological polar surface area (TPSA) is 76.7 Å². The third-order valence-corrected chi connectivity index (χ3v) is 3.09. The Morgan fingerprint density at radius 1 is 1.09 bits per heavy atom. The van der Waals surface area contributed by atoms with Crippen molar-refractivity contribution in [2.24, 2.45) is 0 Å². The lowest BCUT2D eigenvalue weighted by Gasteiger charge is -2.18. The van der Waals surface area contributed by atoms with Crippen LogP contribution in [-0.2, 0) is 9.53 Å². The normalized spacial score (nSPS) is 11.7. The highest BCUT2D eigenvalue weighted by molar-refractivity contribution is 5.80. The molecule has 2 amide bonds. The summed E-state index contributed by atoms with van der Waals surface area (Å²) in [6.07, 6.45) is -1.14. The molecule has 6 nitrogen and oxygen atoms in total. The number of amides is 2. The molecule has 1 aromatic rings. The van der Waals surface area contributed by atoms with Gasteiger partial charge in [-0.1, -0.05) is 32.0 Å². The highest BCUT2D eigenvalue weighted by Gasteiger charge is 2.16. The lowest BCUT2D eigenvalue weighted by molar-refractivity contribution is -0.127. The molecule has 1 rings (SSSR count). The third-order valence-electron chi connectivity index (χ3n) is 3.09. The molecule has 1 atom stereocenters. The van der Waals surface area contributed by atoms with Gasteiger partial charge in [-0.3, -0.25) is 4.79 Å². The van der Waals surface area contributed by atoms with Crippen LogP contribution in [0.15, 0.2) is 24.3 Å². The smallest absolute Gasteiger partial charge is 0.406 e. The Bertz CT molecular complexity index is 503. The quantitative estimate of drug-likeness (QED) is 0.756. The van der Waals surface area contributed by atoms with Crippen molar-refractivity contribution in [2.45, 2.75) is 32.8 Å². The molecule has 0 saturated heterocycles. The first kappa shape index (κ1) is 17.8. The van der Waals surface area contributed by atoms with Crippen molar-refractivity contribution in [2.75, 3.05) is 20.2 Å². The molecule has 0 fully saturated rings. The molecule has 0 heterocycles. The number of carbonyl (C=O) groups excluding carboxylic acids is 2. The summed E-state index contributed by atoms with van der Waals surface area (Å²) in [5.41, 5.74) is 1.06. The molecule has 122 valence electrons. The molecule has 0 aliphatic carbocycles. The monoisotopic (exact) mass is 308 g/mol. The lowest BCUT2D eigenvalue weighted by atomic mass is 10.0. The maximum atomic E-state index is 12.0. The van der Waals surface area contributed by atoms with Crippen molar-refractivity contribution < 1.29 is 19.1 Å². The Morgan fingerprint density at radius 3 is 2.36 bits per heavy atom. The van der Waals surface area contributed by atoms with Crippen LogP contribution in [-0.4, -0.2) is 38.3 Å². The Morgan fingerprint density at radius 2 is 1.73 bits per heavy atom. The van der Waals surface area contributed by atoms with Crippen LogP contribution in [0.4, 0.5) is 4.79 Å². The van der Waals surface area contributed by atoms with Gasteiger partial charge >= 0.3 is 6.09 Å². The van der Waals surface area contributed by atoms with E-state index in [9.17, 15) is 9.59 Å². The summed E-state index contributed by atoms with van der Waals surface area (Å²) in [7, 11) is 1.29. The fourth-order valence-electron chi connectivity index (χ4n) is 1.87. The minimum atomic E-state index is -0.613. The van der Waals surface area contributed by atoms with E-state index in [1.165, 1.54) is 7.11 Å². The van der Waals surface area contributed by atoms with E-state index in [2.05, 4.69) is 29.2 Å². The molecule has 0 bridgehead atoms. The molecular formula is C16H24N2O4. The largest absolute Gasteiger partial charge is 0.481 e. The fraction of sp³-hybridized carbons (Fsp3) is 0.500. The molecular weight excluding hydrogens is 284 g/mol. The average Bonchev–Trinajstić information content (AvgIpc) is 2.51. The van der Waals surface area contributed by atoms with Crippen LogP contribution >= 0.6 is 0 Å². The third kappa shape index (κ3) is 5.63. The van der Waals surface area contributed by atoms with E-state index in [-0.39, 0.29) is 5.91 Å². The summed E-state index contributed by atoms with van der Waals surface area (Å²) < 4.78 is 10.2. The Kier molecular flexibility index (Phi) is 7.22. The molecule has 0 spiro atoms. The molecule has 1 aromatic carbocycles. The maximum absolute atomic E-state index is 12.0. The van der Waals surface area contributed by atoms with E-state index < -0.39 is 12.2 Å². The number of para-hydroxylation sites is 1.